The van der Waals surface area contributed by atoms with Crippen molar-refractivity contribution in [1.29, 1.82) is 0 Å². The summed E-state index contributed by atoms with van der Waals surface area (Å²) in [6.45, 7) is 2.29. The minimum Gasteiger partial charge on any atom is -0.316 e. The molecule has 0 aliphatic heterocycles. The Balaban J connectivity index is 1.97. The number of rotatable bonds is 6. The highest BCUT2D eigenvalue weighted by molar-refractivity contribution is 8.03. The van der Waals surface area contributed by atoms with E-state index in [0.29, 0.717) is 11.3 Å². The molecule has 108 valence electrons. The van der Waals surface area contributed by atoms with Gasteiger partial charge in [0.1, 0.15) is 0 Å². The first-order valence-electron chi connectivity index (χ1n) is 6.98. The normalized spacial score (nSPS) is 27.6. The fourth-order valence-electron chi connectivity index (χ4n) is 2.80. The fraction of sp³-hybridized carbons (Fsp3) is 0.846. The Morgan fingerprint density at radius 3 is 2.74 bits per heavy atom. The number of nitrogens with zero attached hydrogens (tertiary/aromatic N) is 2. The van der Waals surface area contributed by atoms with E-state index in [0.717, 1.165) is 14.6 Å². The van der Waals surface area contributed by atoms with E-state index in [4.69, 9.17) is 0 Å². The van der Waals surface area contributed by atoms with Gasteiger partial charge in [-0.1, -0.05) is 54.6 Å². The predicted molar refractivity (Wildman–Crippen MR) is 86.4 cm³/mol. The lowest BCUT2D eigenvalue weighted by molar-refractivity contribution is 0.295. The Kier molecular flexibility index (Phi) is 6.45. The summed E-state index contributed by atoms with van der Waals surface area (Å²) in [7, 11) is 2.09. The molecule has 3 nitrogen and oxygen atoms in total. The number of hydrogen-bond donors (Lipinski definition) is 1. The molecule has 0 saturated heterocycles. The highest BCUT2D eigenvalue weighted by Crippen LogP contribution is 2.39. The third kappa shape index (κ3) is 4.34. The molecule has 1 fully saturated rings. The van der Waals surface area contributed by atoms with Gasteiger partial charge < -0.3 is 5.32 Å². The van der Waals surface area contributed by atoms with Crippen LogP contribution in [0, 0.1) is 5.92 Å². The molecule has 1 saturated carbocycles. The lowest BCUT2D eigenvalue weighted by Crippen LogP contribution is -2.40. The van der Waals surface area contributed by atoms with Crippen LogP contribution in [0.3, 0.4) is 0 Å². The van der Waals surface area contributed by atoms with Crippen molar-refractivity contribution in [3.05, 3.63) is 0 Å². The molecule has 1 heterocycles. The summed E-state index contributed by atoms with van der Waals surface area (Å²) in [5, 5.41) is 12.6. The highest BCUT2D eigenvalue weighted by Gasteiger charge is 2.30. The maximum atomic E-state index is 4.30. The second kappa shape index (κ2) is 7.86. The van der Waals surface area contributed by atoms with Gasteiger partial charge in [-0.2, -0.15) is 0 Å². The molecule has 1 aromatic heterocycles. The number of hydrogen-bond acceptors (Lipinski definition) is 6. The zero-order valence-electron chi connectivity index (χ0n) is 11.9. The molecule has 1 aliphatic rings. The van der Waals surface area contributed by atoms with Gasteiger partial charge in [0.2, 0.25) is 0 Å². The van der Waals surface area contributed by atoms with Crippen molar-refractivity contribution in [2.24, 2.45) is 5.92 Å². The van der Waals surface area contributed by atoms with Crippen molar-refractivity contribution in [1.82, 2.24) is 15.5 Å². The molecule has 0 aromatic carbocycles. The van der Waals surface area contributed by atoms with E-state index in [1.54, 1.807) is 23.1 Å². The molecule has 0 radical (unpaired) electrons. The summed E-state index contributed by atoms with van der Waals surface area (Å²) < 4.78 is 2.20. The average molecular weight is 318 g/mol. The Bertz CT molecular complexity index is 383. The second-order valence-corrected chi connectivity index (χ2v) is 8.57. The fourth-order valence-corrected chi connectivity index (χ4v) is 5.91. The van der Waals surface area contributed by atoms with Crippen LogP contribution in [0.25, 0.3) is 0 Å². The average Bonchev–Trinajstić information content (AvgIpc) is 2.87. The summed E-state index contributed by atoms with van der Waals surface area (Å²) in [4.78, 5) is 0. The van der Waals surface area contributed by atoms with Crippen molar-refractivity contribution in [2.45, 2.75) is 59.0 Å². The summed E-state index contributed by atoms with van der Waals surface area (Å²) in [6.07, 6.45) is 8.73. The van der Waals surface area contributed by atoms with Crippen molar-refractivity contribution >= 4 is 34.9 Å². The predicted octanol–water partition coefficient (Wildman–Crippen LogP) is 3.91. The third-order valence-corrected chi connectivity index (χ3v) is 7.12. The van der Waals surface area contributed by atoms with E-state index in [2.05, 4.69) is 35.7 Å². The molecule has 6 heteroatoms. The van der Waals surface area contributed by atoms with Gasteiger partial charge in [0, 0.05) is 11.3 Å². The van der Waals surface area contributed by atoms with Crippen molar-refractivity contribution in [3.8, 4) is 0 Å². The quantitative estimate of drug-likeness (QED) is 0.805. The van der Waals surface area contributed by atoms with Crippen LogP contribution in [0.5, 0.6) is 0 Å². The van der Waals surface area contributed by atoms with Gasteiger partial charge in [0.05, 0.1) is 0 Å². The van der Waals surface area contributed by atoms with Gasteiger partial charge in [-0.15, -0.1) is 10.2 Å². The number of nitrogens with one attached hydrogen (secondary N) is 1. The summed E-state index contributed by atoms with van der Waals surface area (Å²) in [5.41, 5.74) is 0. The third-order valence-electron chi connectivity index (χ3n) is 3.78. The SMILES string of the molecule is CCCC1CCC(NC)C(Sc2nnc(SC)s2)C1. The van der Waals surface area contributed by atoms with Gasteiger partial charge in [-0.25, -0.2) is 0 Å². The summed E-state index contributed by atoms with van der Waals surface area (Å²) >= 11 is 5.34. The maximum absolute atomic E-state index is 4.30. The van der Waals surface area contributed by atoms with Crippen molar-refractivity contribution < 1.29 is 0 Å². The van der Waals surface area contributed by atoms with E-state index >= 15 is 0 Å². The first kappa shape index (κ1) is 15.6. The largest absolute Gasteiger partial charge is 0.316 e. The number of thioether (sulfide) groups is 2. The van der Waals surface area contributed by atoms with Gasteiger partial charge in [0.25, 0.3) is 0 Å². The molecular weight excluding hydrogens is 294 g/mol. The summed E-state index contributed by atoms with van der Waals surface area (Å²) in [6, 6.07) is 0.625. The molecule has 3 atom stereocenters. The molecule has 1 N–H and O–H groups in total. The first-order chi connectivity index (χ1) is 9.26. The Hall–Kier alpha value is 0.220. The molecule has 19 heavy (non-hydrogen) atoms. The molecule has 3 unspecified atom stereocenters. The number of aromatic nitrogens is 2. The van der Waals surface area contributed by atoms with Crippen molar-refractivity contribution in [3.63, 3.8) is 0 Å². The van der Waals surface area contributed by atoms with E-state index in [9.17, 15) is 0 Å². The monoisotopic (exact) mass is 317 g/mol. The van der Waals surface area contributed by atoms with Crippen LogP contribution in [0.15, 0.2) is 8.68 Å². The Morgan fingerprint density at radius 2 is 2.11 bits per heavy atom. The van der Waals surface area contributed by atoms with Crippen LogP contribution >= 0.6 is 34.9 Å². The first-order valence-corrected chi connectivity index (χ1v) is 9.90. The van der Waals surface area contributed by atoms with Crippen LogP contribution < -0.4 is 5.32 Å². The molecule has 0 amide bonds. The van der Waals surface area contributed by atoms with E-state index in [1.807, 2.05) is 11.8 Å². The van der Waals surface area contributed by atoms with E-state index < -0.39 is 0 Å². The van der Waals surface area contributed by atoms with E-state index in [-0.39, 0.29) is 0 Å². The second-order valence-electron chi connectivity index (χ2n) is 5.06. The summed E-state index contributed by atoms with van der Waals surface area (Å²) in [5.74, 6) is 0.903. The molecule has 1 aliphatic carbocycles. The van der Waals surface area contributed by atoms with E-state index in [1.165, 1.54) is 32.1 Å². The molecule has 0 spiro atoms. The van der Waals surface area contributed by atoms with Gasteiger partial charge >= 0.3 is 0 Å². The smallest absolute Gasteiger partial charge is 0.175 e. The molecule has 1 aromatic rings. The van der Waals surface area contributed by atoms with Crippen LogP contribution in [0.1, 0.15) is 39.0 Å². The molecule has 2 rings (SSSR count). The van der Waals surface area contributed by atoms with Crippen LogP contribution in [-0.2, 0) is 0 Å². The Labute approximate surface area is 128 Å². The molecule has 0 bridgehead atoms. The topological polar surface area (TPSA) is 37.8 Å². The van der Waals surface area contributed by atoms with Gasteiger partial charge in [-0.05, 0) is 38.5 Å². The van der Waals surface area contributed by atoms with Gasteiger partial charge in [-0.3, -0.25) is 0 Å². The lowest BCUT2D eigenvalue weighted by atomic mass is 9.83. The maximum Gasteiger partial charge on any atom is 0.175 e. The van der Waals surface area contributed by atoms with Crippen molar-refractivity contribution in [2.75, 3.05) is 13.3 Å². The standard InChI is InChI=1S/C13H23N3S3/c1-4-5-9-6-7-10(14-2)11(8-9)18-13-16-15-12(17-3)19-13/h9-11,14H,4-8H2,1-3H3. The minimum atomic E-state index is 0.625. The molecular formula is C13H23N3S3. The minimum absolute atomic E-state index is 0.625. The zero-order chi connectivity index (χ0) is 13.7. The highest BCUT2D eigenvalue weighted by atomic mass is 32.2. The Morgan fingerprint density at radius 1 is 1.32 bits per heavy atom. The zero-order valence-corrected chi connectivity index (χ0v) is 14.3. The van der Waals surface area contributed by atoms with Gasteiger partial charge in [0.15, 0.2) is 8.68 Å². The van der Waals surface area contributed by atoms with Crippen LogP contribution in [0.2, 0.25) is 0 Å². The lowest BCUT2D eigenvalue weighted by Gasteiger charge is -2.35. The van der Waals surface area contributed by atoms with Crippen LogP contribution in [-0.4, -0.2) is 34.8 Å². The van der Waals surface area contributed by atoms with Crippen LogP contribution in [0.4, 0.5) is 0 Å².